The molecule has 0 bridgehead atoms. The van der Waals surface area contributed by atoms with E-state index >= 15 is 0 Å². The van der Waals surface area contributed by atoms with Crippen LogP contribution in [0.25, 0.3) is 0 Å². The van der Waals surface area contributed by atoms with Crippen LogP contribution in [0.3, 0.4) is 0 Å². The van der Waals surface area contributed by atoms with Crippen molar-refractivity contribution in [3.05, 3.63) is 105 Å². The predicted molar refractivity (Wildman–Crippen MR) is 145 cm³/mol. The molecule has 196 valence electrons. The number of likely N-dealkylation sites (tertiary alicyclic amines) is 1. The zero-order valence-corrected chi connectivity index (χ0v) is 22.4. The minimum atomic E-state index is -0.684. The van der Waals surface area contributed by atoms with Crippen LogP contribution in [0, 0.1) is 17.6 Å². The van der Waals surface area contributed by atoms with Gasteiger partial charge in [0, 0.05) is 41.7 Å². The summed E-state index contributed by atoms with van der Waals surface area (Å²) in [5, 5.41) is 4.29. The van der Waals surface area contributed by atoms with E-state index in [0.29, 0.717) is 35.2 Å². The molecule has 0 aliphatic carbocycles. The Bertz CT molecular complexity index is 1130. The van der Waals surface area contributed by atoms with Gasteiger partial charge in [0.05, 0.1) is 12.0 Å². The minimum Gasteiger partial charge on any atom is -0.356 e. The van der Waals surface area contributed by atoms with Crippen LogP contribution in [0.4, 0.5) is 8.78 Å². The van der Waals surface area contributed by atoms with Gasteiger partial charge in [-0.15, -0.1) is 0 Å². The normalized spacial score (nSPS) is 15.1. The van der Waals surface area contributed by atoms with Gasteiger partial charge in [0.25, 0.3) is 0 Å². The van der Waals surface area contributed by atoms with Crippen LogP contribution >= 0.6 is 23.2 Å². The molecule has 1 amide bonds. The number of nitrogens with zero attached hydrogens (tertiary/aromatic N) is 2. The number of nitrogens with one attached hydrogen (secondary N) is 1. The quantitative estimate of drug-likeness (QED) is 0.310. The van der Waals surface area contributed by atoms with E-state index < -0.39 is 17.6 Å². The van der Waals surface area contributed by atoms with Gasteiger partial charge in [0.2, 0.25) is 5.91 Å². The molecule has 0 radical (unpaired) electrons. The first kappa shape index (κ1) is 27.5. The minimum absolute atomic E-state index is 0.0705. The highest BCUT2D eigenvalue weighted by Crippen LogP contribution is 2.40. The molecule has 1 fully saturated rings. The first-order valence-corrected chi connectivity index (χ1v) is 13.1. The van der Waals surface area contributed by atoms with Crippen molar-refractivity contribution in [3.63, 3.8) is 0 Å². The standard InChI is InChI=1S/C29H31Cl2F2N3O/c1-35(2)13-3-12-34-29(37)27(21-14-25(32)16-26(33)15-21)22-17-36(18-22)28(19-4-8-23(30)9-5-19)20-6-10-24(31)11-7-20/h4-11,14-16,22,27-28H,3,12-13,17-18H2,1-2H3,(H,34,37). The van der Waals surface area contributed by atoms with Gasteiger partial charge in [-0.25, -0.2) is 8.78 Å². The molecule has 1 N–H and O–H groups in total. The molecule has 1 atom stereocenters. The van der Waals surface area contributed by atoms with E-state index in [4.69, 9.17) is 23.2 Å². The maximum atomic E-state index is 14.1. The topological polar surface area (TPSA) is 35.6 Å². The first-order chi connectivity index (χ1) is 17.7. The van der Waals surface area contributed by atoms with Crippen molar-refractivity contribution >= 4 is 29.1 Å². The first-order valence-electron chi connectivity index (χ1n) is 12.3. The lowest BCUT2D eigenvalue weighted by Crippen LogP contribution is -2.53. The molecule has 4 nitrogen and oxygen atoms in total. The number of rotatable bonds is 10. The lowest BCUT2D eigenvalue weighted by atomic mass is 9.78. The smallest absolute Gasteiger partial charge is 0.227 e. The van der Waals surface area contributed by atoms with Crippen LogP contribution in [0.2, 0.25) is 10.0 Å². The number of hydrogen-bond acceptors (Lipinski definition) is 3. The Hall–Kier alpha value is -2.51. The van der Waals surface area contributed by atoms with E-state index in [0.717, 1.165) is 30.2 Å². The fourth-order valence-electron chi connectivity index (χ4n) is 4.98. The summed E-state index contributed by atoms with van der Waals surface area (Å²) in [5.74, 6) is -2.33. The lowest BCUT2D eigenvalue weighted by molar-refractivity contribution is -0.125. The summed E-state index contributed by atoms with van der Waals surface area (Å²) < 4.78 is 28.3. The molecule has 3 aromatic carbocycles. The van der Waals surface area contributed by atoms with Crippen molar-refractivity contribution in [1.82, 2.24) is 15.1 Å². The summed E-state index contributed by atoms with van der Waals surface area (Å²) in [6.45, 7) is 2.51. The summed E-state index contributed by atoms with van der Waals surface area (Å²) in [6, 6.07) is 18.7. The molecule has 1 saturated heterocycles. The average Bonchev–Trinajstić information content (AvgIpc) is 2.81. The Labute approximate surface area is 227 Å². The second kappa shape index (κ2) is 12.4. The Balaban J connectivity index is 1.56. The molecule has 1 unspecified atom stereocenters. The number of halogens is 4. The molecule has 1 aliphatic heterocycles. The van der Waals surface area contributed by atoms with Crippen molar-refractivity contribution in [1.29, 1.82) is 0 Å². The SMILES string of the molecule is CN(C)CCCNC(=O)C(c1cc(F)cc(F)c1)C1CN(C(c2ccc(Cl)cc2)c2ccc(Cl)cc2)C1. The maximum absolute atomic E-state index is 14.1. The van der Waals surface area contributed by atoms with E-state index in [2.05, 4.69) is 10.2 Å². The monoisotopic (exact) mass is 545 g/mol. The van der Waals surface area contributed by atoms with Crippen LogP contribution in [-0.2, 0) is 4.79 Å². The highest BCUT2D eigenvalue weighted by molar-refractivity contribution is 6.30. The Kier molecular flexibility index (Phi) is 9.19. The van der Waals surface area contributed by atoms with Crippen LogP contribution in [0.15, 0.2) is 66.7 Å². The van der Waals surface area contributed by atoms with Gasteiger partial charge in [-0.2, -0.15) is 0 Å². The molecule has 1 heterocycles. The van der Waals surface area contributed by atoms with Gasteiger partial charge in [-0.3, -0.25) is 9.69 Å². The molecular weight excluding hydrogens is 515 g/mol. The Morgan fingerprint density at radius 1 is 0.919 bits per heavy atom. The van der Waals surface area contributed by atoms with Gasteiger partial charge >= 0.3 is 0 Å². The second-order valence-electron chi connectivity index (χ2n) is 9.85. The number of benzene rings is 3. The number of hydrogen-bond donors (Lipinski definition) is 1. The third-order valence-electron chi connectivity index (χ3n) is 6.75. The largest absolute Gasteiger partial charge is 0.356 e. The number of amides is 1. The lowest BCUT2D eigenvalue weighted by Gasteiger charge is -2.47. The van der Waals surface area contributed by atoms with Gasteiger partial charge < -0.3 is 10.2 Å². The summed E-state index contributed by atoms with van der Waals surface area (Å²) in [6.07, 6.45) is 0.787. The number of carbonyl (C=O) groups is 1. The summed E-state index contributed by atoms with van der Waals surface area (Å²) in [7, 11) is 3.95. The van der Waals surface area contributed by atoms with Crippen molar-refractivity contribution < 1.29 is 13.6 Å². The number of carbonyl (C=O) groups excluding carboxylic acids is 1. The fraction of sp³-hybridized carbons (Fsp3) is 0.345. The predicted octanol–water partition coefficient (Wildman–Crippen LogP) is 6.14. The van der Waals surface area contributed by atoms with E-state index in [9.17, 15) is 13.6 Å². The van der Waals surface area contributed by atoms with E-state index in [-0.39, 0.29) is 17.9 Å². The highest BCUT2D eigenvalue weighted by Gasteiger charge is 2.42. The van der Waals surface area contributed by atoms with Crippen molar-refractivity contribution in [2.75, 3.05) is 40.3 Å². The van der Waals surface area contributed by atoms with Crippen molar-refractivity contribution in [3.8, 4) is 0 Å². The van der Waals surface area contributed by atoms with E-state index in [1.54, 1.807) is 0 Å². The van der Waals surface area contributed by atoms with Crippen LogP contribution < -0.4 is 5.32 Å². The van der Waals surface area contributed by atoms with Gasteiger partial charge in [-0.1, -0.05) is 47.5 Å². The zero-order chi connectivity index (χ0) is 26.5. The maximum Gasteiger partial charge on any atom is 0.227 e. The van der Waals surface area contributed by atoms with Crippen LogP contribution in [0.5, 0.6) is 0 Å². The molecule has 37 heavy (non-hydrogen) atoms. The zero-order valence-electron chi connectivity index (χ0n) is 20.9. The van der Waals surface area contributed by atoms with E-state index in [1.165, 1.54) is 12.1 Å². The molecule has 1 aliphatic rings. The van der Waals surface area contributed by atoms with Gasteiger partial charge in [0.1, 0.15) is 11.6 Å². The van der Waals surface area contributed by atoms with Crippen LogP contribution in [-0.4, -0.2) is 56.0 Å². The molecule has 0 saturated carbocycles. The second-order valence-corrected chi connectivity index (χ2v) is 10.7. The summed E-state index contributed by atoms with van der Waals surface area (Å²) >= 11 is 12.3. The van der Waals surface area contributed by atoms with E-state index in [1.807, 2.05) is 67.5 Å². The highest BCUT2D eigenvalue weighted by atomic mass is 35.5. The summed E-state index contributed by atoms with van der Waals surface area (Å²) in [5.41, 5.74) is 2.49. The molecule has 4 rings (SSSR count). The Morgan fingerprint density at radius 2 is 1.43 bits per heavy atom. The van der Waals surface area contributed by atoms with Crippen molar-refractivity contribution in [2.24, 2.45) is 5.92 Å². The molecule has 0 spiro atoms. The molecule has 0 aromatic heterocycles. The molecule has 8 heteroatoms. The third kappa shape index (κ3) is 7.08. The third-order valence-corrected chi connectivity index (χ3v) is 7.26. The van der Waals surface area contributed by atoms with Crippen molar-refractivity contribution in [2.45, 2.75) is 18.4 Å². The molecular formula is C29H31Cl2F2N3O. The Morgan fingerprint density at radius 3 is 1.92 bits per heavy atom. The van der Waals surface area contributed by atoms with Crippen LogP contribution in [0.1, 0.15) is 35.1 Å². The summed E-state index contributed by atoms with van der Waals surface area (Å²) in [4.78, 5) is 17.6. The average molecular weight is 546 g/mol. The fourth-order valence-corrected chi connectivity index (χ4v) is 5.24. The van der Waals surface area contributed by atoms with Gasteiger partial charge in [0.15, 0.2) is 0 Å². The van der Waals surface area contributed by atoms with Gasteiger partial charge in [-0.05, 0) is 80.1 Å². The molecule has 3 aromatic rings.